The molecule has 1 aliphatic heterocycles. The van der Waals surface area contributed by atoms with Crippen molar-refractivity contribution in [2.75, 3.05) is 13.1 Å². The maximum absolute atomic E-state index is 11.6. The highest BCUT2D eigenvalue weighted by molar-refractivity contribution is 5.75. The smallest absolute Gasteiger partial charge is 0.315 e. The first-order valence-corrected chi connectivity index (χ1v) is 4.84. The lowest BCUT2D eigenvalue weighted by atomic mass is 10.1. The molecule has 0 aliphatic carbocycles. The second kappa shape index (κ2) is 4.24. The van der Waals surface area contributed by atoms with E-state index in [2.05, 4.69) is 5.32 Å². The first-order valence-electron chi connectivity index (χ1n) is 4.84. The lowest BCUT2D eigenvalue weighted by molar-refractivity contribution is -0.138. The van der Waals surface area contributed by atoms with Gasteiger partial charge in [0.05, 0.1) is 5.92 Å². The summed E-state index contributed by atoms with van der Waals surface area (Å²) in [5.74, 6) is 0.529. The number of rotatable bonds is 2. The van der Waals surface area contributed by atoms with Gasteiger partial charge in [-0.3, -0.25) is 4.79 Å². The van der Waals surface area contributed by atoms with Crippen LogP contribution >= 0.6 is 0 Å². The van der Waals surface area contributed by atoms with E-state index >= 15 is 0 Å². The first-order chi connectivity index (χ1) is 6.86. The summed E-state index contributed by atoms with van der Waals surface area (Å²) in [5.41, 5.74) is 0. The molecule has 74 valence electrons. The van der Waals surface area contributed by atoms with Crippen molar-refractivity contribution < 1.29 is 9.53 Å². The summed E-state index contributed by atoms with van der Waals surface area (Å²) >= 11 is 0. The fourth-order valence-corrected chi connectivity index (χ4v) is 1.54. The molecule has 0 aromatic heterocycles. The summed E-state index contributed by atoms with van der Waals surface area (Å²) in [6.07, 6.45) is 0.881. The average Bonchev–Trinajstić information content (AvgIpc) is 2.72. The fourth-order valence-electron chi connectivity index (χ4n) is 1.54. The Labute approximate surface area is 83.1 Å². The Bertz CT molecular complexity index is 304. The van der Waals surface area contributed by atoms with Gasteiger partial charge >= 0.3 is 5.97 Å². The molecule has 2 rings (SSSR count). The van der Waals surface area contributed by atoms with Crippen LogP contribution < -0.4 is 10.1 Å². The Kier molecular flexibility index (Phi) is 2.79. The predicted molar refractivity (Wildman–Crippen MR) is 53.1 cm³/mol. The number of ether oxygens (including phenoxy) is 1. The van der Waals surface area contributed by atoms with Crippen molar-refractivity contribution in [2.24, 2.45) is 5.92 Å². The van der Waals surface area contributed by atoms with Gasteiger partial charge in [-0.15, -0.1) is 0 Å². The van der Waals surface area contributed by atoms with Crippen LogP contribution in [-0.2, 0) is 4.79 Å². The van der Waals surface area contributed by atoms with Crippen molar-refractivity contribution >= 4 is 5.97 Å². The van der Waals surface area contributed by atoms with Gasteiger partial charge in [-0.25, -0.2) is 0 Å². The maximum Gasteiger partial charge on any atom is 0.315 e. The molecule has 1 saturated heterocycles. The molecule has 1 heterocycles. The highest BCUT2D eigenvalue weighted by atomic mass is 16.5. The van der Waals surface area contributed by atoms with E-state index in [-0.39, 0.29) is 11.9 Å². The molecule has 1 aromatic carbocycles. The molecule has 1 N–H and O–H groups in total. The molecule has 1 atom stereocenters. The Morgan fingerprint density at radius 3 is 2.79 bits per heavy atom. The summed E-state index contributed by atoms with van der Waals surface area (Å²) in [5, 5.41) is 3.14. The third kappa shape index (κ3) is 2.12. The van der Waals surface area contributed by atoms with Gasteiger partial charge in [0.1, 0.15) is 5.75 Å². The van der Waals surface area contributed by atoms with Gasteiger partial charge in [0.2, 0.25) is 0 Å². The summed E-state index contributed by atoms with van der Waals surface area (Å²) in [6.45, 7) is 1.65. The van der Waals surface area contributed by atoms with E-state index in [0.717, 1.165) is 19.5 Å². The van der Waals surface area contributed by atoms with E-state index in [4.69, 9.17) is 4.74 Å². The molecular formula is C11H13NO2. The first kappa shape index (κ1) is 9.21. The minimum Gasteiger partial charge on any atom is -0.426 e. The van der Waals surface area contributed by atoms with Crippen molar-refractivity contribution in [1.29, 1.82) is 0 Å². The molecule has 1 fully saturated rings. The summed E-state index contributed by atoms with van der Waals surface area (Å²) in [7, 11) is 0. The van der Waals surface area contributed by atoms with Crippen molar-refractivity contribution in [3.05, 3.63) is 30.3 Å². The summed E-state index contributed by atoms with van der Waals surface area (Å²) < 4.78 is 5.22. The second-order valence-corrected chi connectivity index (χ2v) is 3.42. The topological polar surface area (TPSA) is 38.3 Å². The summed E-state index contributed by atoms with van der Waals surface area (Å²) in [6, 6.07) is 9.19. The molecule has 1 unspecified atom stereocenters. The van der Waals surface area contributed by atoms with Gasteiger partial charge in [0.25, 0.3) is 0 Å². The SMILES string of the molecule is O=C(Oc1ccccc1)C1CCNC1. The van der Waals surface area contributed by atoms with Crippen LogP contribution in [0.1, 0.15) is 6.42 Å². The number of esters is 1. The molecule has 0 radical (unpaired) electrons. The number of nitrogens with one attached hydrogen (secondary N) is 1. The lowest BCUT2D eigenvalue weighted by Crippen LogP contribution is -2.22. The van der Waals surface area contributed by atoms with Crippen LogP contribution in [0.5, 0.6) is 5.75 Å². The minimum atomic E-state index is -0.124. The van der Waals surface area contributed by atoms with E-state index in [1.165, 1.54) is 0 Å². The number of hydrogen-bond acceptors (Lipinski definition) is 3. The van der Waals surface area contributed by atoms with Crippen LogP contribution in [0.25, 0.3) is 0 Å². The zero-order valence-corrected chi connectivity index (χ0v) is 7.90. The standard InChI is InChI=1S/C11H13NO2/c13-11(9-6-7-12-8-9)14-10-4-2-1-3-5-10/h1-5,9,12H,6-8H2. The number of carbonyl (C=O) groups is 1. The van der Waals surface area contributed by atoms with E-state index in [0.29, 0.717) is 5.75 Å². The van der Waals surface area contributed by atoms with Crippen molar-refractivity contribution in [3.8, 4) is 5.75 Å². The van der Waals surface area contributed by atoms with Crippen LogP contribution in [0.4, 0.5) is 0 Å². The quantitative estimate of drug-likeness (QED) is 0.564. The molecule has 3 heteroatoms. The number of hydrogen-bond donors (Lipinski definition) is 1. The number of benzene rings is 1. The molecule has 0 saturated carbocycles. The van der Waals surface area contributed by atoms with Crippen molar-refractivity contribution in [3.63, 3.8) is 0 Å². The van der Waals surface area contributed by atoms with Gasteiger partial charge in [-0.1, -0.05) is 18.2 Å². The van der Waals surface area contributed by atoms with Crippen LogP contribution in [0, 0.1) is 5.92 Å². The maximum atomic E-state index is 11.6. The van der Waals surface area contributed by atoms with Gasteiger partial charge in [0, 0.05) is 6.54 Å². The monoisotopic (exact) mass is 191 g/mol. The van der Waals surface area contributed by atoms with Crippen LogP contribution in [0.3, 0.4) is 0 Å². The van der Waals surface area contributed by atoms with Crippen molar-refractivity contribution in [1.82, 2.24) is 5.32 Å². The van der Waals surface area contributed by atoms with Crippen molar-refractivity contribution in [2.45, 2.75) is 6.42 Å². The van der Waals surface area contributed by atoms with Gasteiger partial charge in [-0.05, 0) is 25.1 Å². The normalized spacial score (nSPS) is 20.7. The molecular weight excluding hydrogens is 178 g/mol. The highest BCUT2D eigenvalue weighted by Crippen LogP contribution is 2.14. The van der Waals surface area contributed by atoms with Gasteiger partial charge in [0.15, 0.2) is 0 Å². The molecule has 3 nitrogen and oxygen atoms in total. The van der Waals surface area contributed by atoms with Crippen LogP contribution in [0.15, 0.2) is 30.3 Å². The van der Waals surface area contributed by atoms with Crippen LogP contribution in [-0.4, -0.2) is 19.1 Å². The van der Waals surface area contributed by atoms with Gasteiger partial charge < -0.3 is 10.1 Å². The minimum absolute atomic E-state index is 0.0233. The zero-order chi connectivity index (χ0) is 9.80. The predicted octanol–water partition coefficient (Wildman–Crippen LogP) is 1.20. The largest absolute Gasteiger partial charge is 0.426 e. The molecule has 1 aliphatic rings. The molecule has 0 amide bonds. The fraction of sp³-hybridized carbons (Fsp3) is 0.364. The Hall–Kier alpha value is -1.35. The Morgan fingerprint density at radius 2 is 2.14 bits per heavy atom. The summed E-state index contributed by atoms with van der Waals surface area (Å²) in [4.78, 5) is 11.6. The third-order valence-corrected chi connectivity index (χ3v) is 2.36. The van der Waals surface area contributed by atoms with E-state index in [1.54, 1.807) is 12.1 Å². The molecule has 0 bridgehead atoms. The van der Waals surface area contributed by atoms with E-state index in [9.17, 15) is 4.79 Å². The zero-order valence-electron chi connectivity index (χ0n) is 7.90. The van der Waals surface area contributed by atoms with Gasteiger partial charge in [-0.2, -0.15) is 0 Å². The molecule has 14 heavy (non-hydrogen) atoms. The molecule has 0 spiro atoms. The van der Waals surface area contributed by atoms with Crippen LogP contribution in [0.2, 0.25) is 0 Å². The van der Waals surface area contributed by atoms with E-state index < -0.39 is 0 Å². The molecule has 1 aromatic rings. The number of carbonyl (C=O) groups excluding carboxylic acids is 1. The third-order valence-electron chi connectivity index (χ3n) is 2.36. The Balaban J connectivity index is 1.94. The van der Waals surface area contributed by atoms with E-state index in [1.807, 2.05) is 18.2 Å². The Morgan fingerprint density at radius 1 is 1.36 bits per heavy atom. The second-order valence-electron chi connectivity index (χ2n) is 3.42. The number of para-hydroxylation sites is 1. The lowest BCUT2D eigenvalue weighted by Gasteiger charge is -2.07. The highest BCUT2D eigenvalue weighted by Gasteiger charge is 2.23. The average molecular weight is 191 g/mol.